The highest BCUT2D eigenvalue weighted by atomic mass is 32.1. The zero-order valence-corrected chi connectivity index (χ0v) is 14.8. The Morgan fingerprint density at radius 2 is 1.96 bits per heavy atom. The maximum absolute atomic E-state index is 11.3. The minimum absolute atomic E-state index is 0.312. The highest BCUT2D eigenvalue weighted by Gasteiger charge is 2.04. The second kappa shape index (κ2) is 7.76. The molecule has 0 spiro atoms. The molecule has 7 heteroatoms. The molecule has 1 aromatic heterocycles. The fourth-order valence-corrected chi connectivity index (χ4v) is 3.09. The van der Waals surface area contributed by atoms with E-state index in [1.54, 1.807) is 18.3 Å². The number of thiazole rings is 1. The molecule has 0 atom stereocenters. The van der Waals surface area contributed by atoms with Gasteiger partial charge in [-0.3, -0.25) is 0 Å². The number of fused-ring (bicyclic) bond motifs is 1. The van der Waals surface area contributed by atoms with E-state index in [0.717, 1.165) is 26.6 Å². The van der Waals surface area contributed by atoms with E-state index in [1.807, 2.05) is 49.4 Å². The van der Waals surface area contributed by atoms with E-state index in [9.17, 15) is 4.79 Å². The number of hydrogen-bond acceptors (Lipinski definition) is 6. The number of aromatic nitrogens is 1. The zero-order valence-electron chi connectivity index (χ0n) is 13.9. The lowest BCUT2D eigenvalue weighted by Gasteiger charge is -2.05. The van der Waals surface area contributed by atoms with Crippen molar-refractivity contribution in [2.45, 2.75) is 13.8 Å². The number of ether oxygens (including phenoxy) is 1. The molecule has 0 bridgehead atoms. The van der Waals surface area contributed by atoms with Crippen molar-refractivity contribution in [2.75, 3.05) is 11.9 Å². The molecular weight excluding hydrogens is 336 g/mol. The van der Waals surface area contributed by atoms with Crippen LogP contribution in [0.1, 0.15) is 19.4 Å². The van der Waals surface area contributed by atoms with Crippen molar-refractivity contribution in [1.29, 1.82) is 0 Å². The second-order valence-corrected chi connectivity index (χ2v) is 6.25. The van der Waals surface area contributed by atoms with Gasteiger partial charge in [0.05, 0.1) is 22.5 Å². The number of nitrogens with one attached hydrogen (secondary N) is 2. The Kier molecular flexibility index (Phi) is 5.25. The third-order valence-electron chi connectivity index (χ3n) is 3.44. The summed E-state index contributed by atoms with van der Waals surface area (Å²) >= 11 is 1.61. The number of nitrogens with zero attached hydrogens (tertiary/aromatic N) is 2. The lowest BCUT2D eigenvalue weighted by atomic mass is 10.1. The van der Waals surface area contributed by atoms with E-state index in [4.69, 9.17) is 4.74 Å². The summed E-state index contributed by atoms with van der Waals surface area (Å²) in [6.45, 7) is 3.88. The summed E-state index contributed by atoms with van der Waals surface area (Å²) in [4.78, 5) is 15.8. The lowest BCUT2D eigenvalue weighted by Crippen LogP contribution is -2.20. The van der Waals surface area contributed by atoms with Crippen LogP contribution >= 0.6 is 11.3 Å². The molecule has 0 saturated heterocycles. The molecule has 2 N–H and O–H groups in total. The normalized spacial score (nSPS) is 11.4. The molecule has 0 fully saturated rings. The average molecular weight is 354 g/mol. The third-order valence-corrected chi connectivity index (χ3v) is 4.39. The Labute approximate surface area is 149 Å². The first-order valence-corrected chi connectivity index (χ1v) is 8.67. The second-order valence-electron chi connectivity index (χ2n) is 5.22. The SMILES string of the molecule is CCOC(=O)NN=C(C)c1ccc(Nc2nc3ccccc3s2)cc1. The molecule has 128 valence electrons. The molecular formula is C18H18N4O2S. The number of rotatable bonds is 5. The van der Waals surface area contributed by atoms with Crippen molar-refractivity contribution in [3.8, 4) is 0 Å². The largest absolute Gasteiger partial charge is 0.449 e. The third kappa shape index (κ3) is 4.33. The number of hydrogen-bond donors (Lipinski definition) is 2. The molecule has 0 saturated carbocycles. The van der Waals surface area contributed by atoms with E-state index in [1.165, 1.54) is 0 Å². The van der Waals surface area contributed by atoms with Gasteiger partial charge >= 0.3 is 6.09 Å². The first-order chi connectivity index (χ1) is 12.2. The van der Waals surface area contributed by atoms with Crippen LogP contribution in [0.3, 0.4) is 0 Å². The average Bonchev–Trinajstić information content (AvgIpc) is 3.03. The van der Waals surface area contributed by atoms with Crippen molar-refractivity contribution in [2.24, 2.45) is 5.10 Å². The number of carbonyl (C=O) groups excluding carboxylic acids is 1. The quantitative estimate of drug-likeness (QED) is 0.522. The highest BCUT2D eigenvalue weighted by molar-refractivity contribution is 7.22. The van der Waals surface area contributed by atoms with Gasteiger partial charge in [0.1, 0.15) is 0 Å². The fourth-order valence-electron chi connectivity index (χ4n) is 2.20. The Bertz CT molecular complexity index is 870. The maximum Gasteiger partial charge on any atom is 0.427 e. The summed E-state index contributed by atoms with van der Waals surface area (Å²) < 4.78 is 5.91. The number of hydrazone groups is 1. The summed E-state index contributed by atoms with van der Waals surface area (Å²) in [7, 11) is 0. The van der Waals surface area contributed by atoms with Crippen LogP contribution in [0.15, 0.2) is 53.6 Å². The van der Waals surface area contributed by atoms with Crippen molar-refractivity contribution in [1.82, 2.24) is 10.4 Å². The summed E-state index contributed by atoms with van der Waals surface area (Å²) in [5.41, 5.74) is 5.88. The topological polar surface area (TPSA) is 75.6 Å². The molecule has 0 unspecified atom stereocenters. The number of carbonyl (C=O) groups is 1. The lowest BCUT2D eigenvalue weighted by molar-refractivity contribution is 0.152. The van der Waals surface area contributed by atoms with E-state index < -0.39 is 6.09 Å². The predicted molar refractivity (Wildman–Crippen MR) is 102 cm³/mol. The van der Waals surface area contributed by atoms with Crippen LogP contribution in [0, 0.1) is 0 Å². The van der Waals surface area contributed by atoms with Crippen LogP contribution in [-0.2, 0) is 4.74 Å². The van der Waals surface area contributed by atoms with E-state index in [2.05, 4.69) is 26.9 Å². The van der Waals surface area contributed by atoms with Crippen LogP contribution in [0.2, 0.25) is 0 Å². The molecule has 0 aliphatic rings. The smallest absolute Gasteiger partial charge is 0.427 e. The van der Waals surface area contributed by atoms with E-state index in [0.29, 0.717) is 12.3 Å². The summed E-state index contributed by atoms with van der Waals surface area (Å²) in [6.07, 6.45) is -0.559. The maximum atomic E-state index is 11.3. The van der Waals surface area contributed by atoms with Crippen molar-refractivity contribution in [3.05, 3.63) is 54.1 Å². The Morgan fingerprint density at radius 3 is 2.68 bits per heavy atom. The van der Waals surface area contributed by atoms with Gasteiger partial charge in [-0.1, -0.05) is 35.6 Å². The van der Waals surface area contributed by atoms with E-state index >= 15 is 0 Å². The molecule has 0 radical (unpaired) electrons. The first kappa shape index (κ1) is 16.9. The zero-order chi connectivity index (χ0) is 17.6. The van der Waals surface area contributed by atoms with Crippen LogP contribution < -0.4 is 10.7 Å². The number of benzene rings is 2. The summed E-state index contributed by atoms with van der Waals surface area (Å²) in [6, 6.07) is 15.8. The molecule has 0 aliphatic carbocycles. The molecule has 1 heterocycles. The number of amides is 1. The molecule has 3 rings (SSSR count). The molecule has 6 nitrogen and oxygen atoms in total. The minimum Gasteiger partial charge on any atom is -0.449 e. The van der Waals surface area contributed by atoms with Gasteiger partial charge in [-0.05, 0) is 43.7 Å². The highest BCUT2D eigenvalue weighted by Crippen LogP contribution is 2.28. The molecule has 2 aromatic carbocycles. The summed E-state index contributed by atoms with van der Waals surface area (Å²) in [5, 5.41) is 8.17. The van der Waals surface area contributed by atoms with Crippen LogP contribution in [0.5, 0.6) is 0 Å². The van der Waals surface area contributed by atoms with Crippen molar-refractivity contribution < 1.29 is 9.53 Å². The van der Waals surface area contributed by atoms with Gasteiger partial charge in [0.2, 0.25) is 0 Å². The van der Waals surface area contributed by atoms with Gasteiger partial charge in [-0.15, -0.1) is 0 Å². The fraction of sp³-hybridized carbons (Fsp3) is 0.167. The van der Waals surface area contributed by atoms with Gasteiger partial charge < -0.3 is 10.1 Å². The minimum atomic E-state index is -0.559. The van der Waals surface area contributed by atoms with Gasteiger partial charge in [0, 0.05) is 5.69 Å². The molecule has 3 aromatic rings. The van der Waals surface area contributed by atoms with Gasteiger partial charge in [-0.2, -0.15) is 5.10 Å². The van der Waals surface area contributed by atoms with Crippen molar-refractivity contribution in [3.63, 3.8) is 0 Å². The predicted octanol–water partition coefficient (Wildman–Crippen LogP) is 4.51. The van der Waals surface area contributed by atoms with Crippen LogP contribution in [0.25, 0.3) is 10.2 Å². The Balaban J connectivity index is 1.67. The molecule has 1 amide bonds. The molecule has 25 heavy (non-hydrogen) atoms. The Hall–Kier alpha value is -2.93. The van der Waals surface area contributed by atoms with Crippen molar-refractivity contribution >= 4 is 44.2 Å². The Morgan fingerprint density at radius 1 is 1.20 bits per heavy atom. The van der Waals surface area contributed by atoms with Crippen LogP contribution in [0.4, 0.5) is 15.6 Å². The molecule has 0 aliphatic heterocycles. The standard InChI is InChI=1S/C18H18N4O2S/c1-3-24-18(23)22-21-12(2)13-8-10-14(11-9-13)19-17-20-15-6-4-5-7-16(15)25-17/h4-11H,3H2,1-2H3,(H,19,20)(H,22,23). The monoisotopic (exact) mass is 354 g/mol. The van der Waals surface area contributed by atoms with E-state index in [-0.39, 0.29) is 0 Å². The first-order valence-electron chi connectivity index (χ1n) is 7.86. The van der Waals surface area contributed by atoms with Gasteiger partial charge in [0.25, 0.3) is 0 Å². The van der Waals surface area contributed by atoms with Gasteiger partial charge in [0.15, 0.2) is 5.13 Å². The number of para-hydroxylation sites is 1. The van der Waals surface area contributed by atoms with Gasteiger partial charge in [-0.25, -0.2) is 15.2 Å². The van der Waals surface area contributed by atoms with Crippen LogP contribution in [-0.4, -0.2) is 23.4 Å². The summed E-state index contributed by atoms with van der Waals surface area (Å²) in [5.74, 6) is 0. The number of anilines is 2.